The molecule has 26 heavy (non-hydrogen) atoms. The van der Waals surface area contributed by atoms with Gasteiger partial charge in [-0.25, -0.2) is 9.78 Å². The van der Waals surface area contributed by atoms with Crippen molar-refractivity contribution in [3.8, 4) is 11.5 Å². The molecule has 130 valence electrons. The lowest BCUT2D eigenvalue weighted by Crippen LogP contribution is -2.14. The molecule has 0 saturated carbocycles. The van der Waals surface area contributed by atoms with Crippen LogP contribution in [0.3, 0.4) is 0 Å². The molecule has 0 bridgehead atoms. The van der Waals surface area contributed by atoms with E-state index >= 15 is 0 Å². The summed E-state index contributed by atoms with van der Waals surface area (Å²) >= 11 is 1.29. The maximum Gasteiger partial charge on any atom is 0.342 e. The van der Waals surface area contributed by atoms with Crippen molar-refractivity contribution >= 4 is 33.0 Å². The van der Waals surface area contributed by atoms with E-state index in [1.165, 1.54) is 21.8 Å². The Labute approximate surface area is 150 Å². The van der Waals surface area contributed by atoms with Crippen LogP contribution in [0.5, 0.6) is 11.5 Å². The SMILES string of the molecule is O=C(OCc1cc(=O)n2ccsc2n1)c1cc(O)c2ccccc2c1O. The molecule has 0 aliphatic heterocycles. The first-order chi connectivity index (χ1) is 12.5. The first-order valence-electron chi connectivity index (χ1n) is 7.61. The van der Waals surface area contributed by atoms with Crippen LogP contribution in [0.25, 0.3) is 15.7 Å². The molecule has 0 aliphatic rings. The van der Waals surface area contributed by atoms with E-state index in [1.54, 1.807) is 35.8 Å². The minimum absolute atomic E-state index is 0.137. The van der Waals surface area contributed by atoms with Crippen molar-refractivity contribution < 1.29 is 19.7 Å². The minimum Gasteiger partial charge on any atom is -0.507 e. The number of aromatic nitrogens is 2. The van der Waals surface area contributed by atoms with Gasteiger partial charge in [-0.1, -0.05) is 24.3 Å². The third-order valence-corrected chi connectivity index (χ3v) is 4.68. The Kier molecular flexibility index (Phi) is 3.81. The van der Waals surface area contributed by atoms with E-state index in [0.717, 1.165) is 6.07 Å². The lowest BCUT2D eigenvalue weighted by Gasteiger charge is -2.10. The molecule has 0 amide bonds. The molecule has 0 spiro atoms. The number of esters is 1. The molecule has 0 fully saturated rings. The molecular formula is C18H12N2O5S. The summed E-state index contributed by atoms with van der Waals surface area (Å²) in [6.45, 7) is -0.227. The van der Waals surface area contributed by atoms with Gasteiger partial charge in [0.25, 0.3) is 5.56 Å². The lowest BCUT2D eigenvalue weighted by molar-refractivity contribution is 0.0464. The van der Waals surface area contributed by atoms with E-state index in [9.17, 15) is 19.8 Å². The van der Waals surface area contributed by atoms with Crippen LogP contribution < -0.4 is 5.56 Å². The van der Waals surface area contributed by atoms with Crippen LogP contribution >= 0.6 is 11.3 Å². The highest BCUT2D eigenvalue weighted by atomic mass is 32.1. The van der Waals surface area contributed by atoms with Gasteiger partial charge < -0.3 is 14.9 Å². The van der Waals surface area contributed by atoms with Crippen molar-refractivity contribution in [1.29, 1.82) is 0 Å². The molecule has 0 atom stereocenters. The number of hydrogen-bond donors (Lipinski definition) is 2. The van der Waals surface area contributed by atoms with Crippen molar-refractivity contribution in [3.63, 3.8) is 0 Å². The monoisotopic (exact) mass is 368 g/mol. The molecule has 0 saturated heterocycles. The summed E-state index contributed by atoms with van der Waals surface area (Å²) in [6.07, 6.45) is 1.61. The van der Waals surface area contributed by atoms with Gasteiger partial charge in [0.1, 0.15) is 23.7 Å². The summed E-state index contributed by atoms with van der Waals surface area (Å²) in [5, 5.41) is 22.9. The fourth-order valence-corrected chi connectivity index (χ4v) is 3.41. The highest BCUT2D eigenvalue weighted by Gasteiger charge is 2.18. The molecular weight excluding hydrogens is 356 g/mol. The van der Waals surface area contributed by atoms with Crippen LogP contribution in [0.2, 0.25) is 0 Å². The van der Waals surface area contributed by atoms with Gasteiger partial charge in [0.2, 0.25) is 0 Å². The number of benzene rings is 2. The Morgan fingerprint density at radius 1 is 1.19 bits per heavy atom. The van der Waals surface area contributed by atoms with Gasteiger partial charge in [-0.15, -0.1) is 11.3 Å². The van der Waals surface area contributed by atoms with Crippen LogP contribution in [0.1, 0.15) is 16.1 Å². The number of nitrogens with zero attached hydrogens (tertiary/aromatic N) is 2. The third kappa shape index (κ3) is 2.66. The Bertz CT molecular complexity index is 1210. The fourth-order valence-electron chi connectivity index (χ4n) is 2.68. The molecule has 4 aromatic rings. The predicted octanol–water partition coefficient (Wildman–Crippen LogP) is 2.68. The predicted molar refractivity (Wildman–Crippen MR) is 95.7 cm³/mol. The largest absolute Gasteiger partial charge is 0.507 e. The maximum absolute atomic E-state index is 12.3. The number of fused-ring (bicyclic) bond motifs is 2. The first-order valence-corrected chi connectivity index (χ1v) is 8.49. The van der Waals surface area contributed by atoms with Crippen LogP contribution in [0.15, 0.2) is 52.8 Å². The second-order valence-corrected chi connectivity index (χ2v) is 6.43. The van der Waals surface area contributed by atoms with Crippen molar-refractivity contribution in [2.75, 3.05) is 0 Å². The van der Waals surface area contributed by atoms with Gasteiger partial charge in [-0.05, 0) is 6.07 Å². The average molecular weight is 368 g/mol. The molecule has 8 heteroatoms. The Morgan fingerprint density at radius 3 is 2.77 bits per heavy atom. The van der Waals surface area contributed by atoms with Crippen LogP contribution in [-0.4, -0.2) is 25.6 Å². The van der Waals surface area contributed by atoms with Crippen molar-refractivity contribution in [2.24, 2.45) is 0 Å². The normalized spacial score (nSPS) is 11.1. The van der Waals surface area contributed by atoms with E-state index in [-0.39, 0.29) is 29.2 Å². The summed E-state index contributed by atoms with van der Waals surface area (Å²) in [4.78, 5) is 29.0. The minimum atomic E-state index is -0.822. The smallest absolute Gasteiger partial charge is 0.342 e. The number of rotatable bonds is 3. The molecule has 0 unspecified atom stereocenters. The highest BCUT2D eigenvalue weighted by molar-refractivity contribution is 7.15. The molecule has 2 aromatic heterocycles. The second-order valence-electron chi connectivity index (χ2n) is 5.55. The number of carbonyl (C=O) groups is 1. The number of aromatic hydroxyl groups is 2. The zero-order valence-electron chi connectivity index (χ0n) is 13.2. The summed E-state index contributed by atoms with van der Waals surface area (Å²) in [5.41, 5.74) is -0.126. The molecule has 0 aliphatic carbocycles. The van der Waals surface area contributed by atoms with Gasteiger partial charge in [0.15, 0.2) is 4.96 Å². The molecule has 7 nitrogen and oxygen atoms in total. The summed E-state index contributed by atoms with van der Waals surface area (Å²) in [5.74, 6) is -1.23. The molecule has 2 N–H and O–H groups in total. The maximum atomic E-state index is 12.3. The fraction of sp³-hybridized carbons (Fsp3) is 0.0556. The van der Waals surface area contributed by atoms with Crippen LogP contribution in [-0.2, 0) is 11.3 Å². The van der Waals surface area contributed by atoms with Gasteiger partial charge in [0, 0.05) is 28.4 Å². The van der Waals surface area contributed by atoms with Crippen molar-refractivity contribution in [3.05, 3.63) is 69.6 Å². The van der Waals surface area contributed by atoms with E-state index < -0.39 is 5.97 Å². The van der Waals surface area contributed by atoms with Crippen molar-refractivity contribution in [1.82, 2.24) is 9.38 Å². The summed E-state index contributed by atoms with van der Waals surface area (Å²) < 4.78 is 6.56. The second kappa shape index (κ2) is 6.16. The van der Waals surface area contributed by atoms with Gasteiger partial charge in [-0.3, -0.25) is 9.20 Å². The first kappa shape index (κ1) is 16.1. The zero-order chi connectivity index (χ0) is 18.3. The Morgan fingerprint density at radius 2 is 1.96 bits per heavy atom. The highest BCUT2D eigenvalue weighted by Crippen LogP contribution is 2.35. The number of hydrogen-bond acceptors (Lipinski definition) is 7. The Hall–Kier alpha value is -3.39. The standard InChI is InChI=1S/C18H12N2O5S/c21-14-8-13(16(23)12-4-2-1-3-11(12)14)17(24)25-9-10-7-15(22)20-5-6-26-18(20)19-10/h1-8,21,23H,9H2. The van der Waals surface area contributed by atoms with E-state index in [0.29, 0.717) is 21.4 Å². The van der Waals surface area contributed by atoms with E-state index in [4.69, 9.17) is 4.74 Å². The van der Waals surface area contributed by atoms with Crippen LogP contribution in [0.4, 0.5) is 0 Å². The molecule has 4 rings (SSSR count). The summed E-state index contributed by atoms with van der Waals surface area (Å²) in [6, 6.07) is 9.06. The number of carbonyl (C=O) groups excluding carboxylic acids is 1. The van der Waals surface area contributed by atoms with Gasteiger partial charge in [-0.2, -0.15) is 0 Å². The Balaban J connectivity index is 1.63. The topological polar surface area (TPSA) is 101 Å². The number of phenolic OH excluding ortho intramolecular Hbond substituents is 2. The number of ether oxygens (including phenoxy) is 1. The van der Waals surface area contributed by atoms with E-state index in [2.05, 4.69) is 4.98 Å². The van der Waals surface area contributed by atoms with Gasteiger partial charge >= 0.3 is 5.97 Å². The summed E-state index contributed by atoms with van der Waals surface area (Å²) in [7, 11) is 0. The third-order valence-electron chi connectivity index (χ3n) is 3.92. The molecule has 2 aromatic carbocycles. The lowest BCUT2D eigenvalue weighted by atomic mass is 10.0. The quantitative estimate of drug-likeness (QED) is 0.426. The number of phenols is 2. The zero-order valence-corrected chi connectivity index (χ0v) is 14.1. The van der Waals surface area contributed by atoms with Crippen molar-refractivity contribution in [2.45, 2.75) is 6.61 Å². The molecule has 2 heterocycles. The average Bonchev–Trinajstić information content (AvgIpc) is 3.12. The number of thiazole rings is 1. The van der Waals surface area contributed by atoms with E-state index in [1.807, 2.05) is 0 Å². The van der Waals surface area contributed by atoms with Gasteiger partial charge in [0.05, 0.1) is 5.69 Å². The molecule has 0 radical (unpaired) electrons. The van der Waals surface area contributed by atoms with Crippen LogP contribution in [0, 0.1) is 0 Å².